The highest BCUT2D eigenvalue weighted by atomic mass is 16.4. The van der Waals surface area contributed by atoms with E-state index in [9.17, 15) is 14.4 Å². The molecule has 176 valence electrons. The summed E-state index contributed by atoms with van der Waals surface area (Å²) >= 11 is 0. The Balaban J connectivity index is 1.73. The summed E-state index contributed by atoms with van der Waals surface area (Å²) in [5.41, 5.74) is 4.20. The van der Waals surface area contributed by atoms with E-state index in [-0.39, 0.29) is 11.9 Å². The second kappa shape index (κ2) is 9.96. The molecule has 4 aromatic rings. The van der Waals surface area contributed by atoms with E-state index in [2.05, 4.69) is 19.9 Å². The van der Waals surface area contributed by atoms with Crippen molar-refractivity contribution in [3.05, 3.63) is 80.0 Å². The van der Waals surface area contributed by atoms with Crippen molar-refractivity contribution in [1.82, 2.24) is 19.9 Å². The van der Waals surface area contributed by atoms with E-state index in [4.69, 9.17) is 5.11 Å². The molecule has 0 aliphatic carbocycles. The number of aromatic nitrogens is 4. The maximum Gasteiger partial charge on any atom is 0.413 e. The van der Waals surface area contributed by atoms with E-state index in [1.54, 1.807) is 0 Å². The van der Waals surface area contributed by atoms with Gasteiger partial charge in [-0.15, -0.1) is 0 Å². The number of aryl methyl sites for hydroxylation is 2. The van der Waals surface area contributed by atoms with Crippen LogP contribution in [0.4, 0.5) is 0 Å². The molecule has 0 fully saturated rings. The molecule has 3 N–H and O–H groups in total. The average molecular weight is 463 g/mol. The van der Waals surface area contributed by atoms with Gasteiger partial charge >= 0.3 is 17.3 Å². The lowest BCUT2D eigenvalue weighted by molar-refractivity contribution is -0.647. The van der Waals surface area contributed by atoms with E-state index < -0.39 is 17.2 Å². The van der Waals surface area contributed by atoms with Gasteiger partial charge in [0.2, 0.25) is 5.52 Å². The number of nitrogens with zero attached hydrogens (tertiary/aromatic N) is 3. The number of carbonyl (C=O) groups is 1. The quantitative estimate of drug-likeness (QED) is 0.258. The van der Waals surface area contributed by atoms with Crippen LogP contribution < -0.4 is 15.8 Å². The second-order valence-corrected chi connectivity index (χ2v) is 8.55. The number of carboxylic acids is 1. The Kier molecular flexibility index (Phi) is 6.83. The average Bonchev–Trinajstić information content (AvgIpc) is 2.78. The summed E-state index contributed by atoms with van der Waals surface area (Å²) in [6, 6.07) is 14.0. The molecule has 0 atom stereocenters. The molecule has 0 aliphatic heterocycles. The van der Waals surface area contributed by atoms with Crippen molar-refractivity contribution < 1.29 is 14.5 Å². The van der Waals surface area contributed by atoms with Crippen LogP contribution in [0.1, 0.15) is 29.5 Å². The van der Waals surface area contributed by atoms with Crippen molar-refractivity contribution >= 4 is 28.2 Å². The molecule has 2 aromatic carbocycles. The number of carboxylic acid groups (broad SMARTS) is 1. The molecule has 0 aliphatic rings. The molecule has 9 nitrogen and oxygen atoms in total. The second-order valence-electron chi connectivity index (χ2n) is 8.55. The van der Waals surface area contributed by atoms with Crippen molar-refractivity contribution in [3.63, 3.8) is 0 Å². The van der Waals surface area contributed by atoms with Gasteiger partial charge in [0.15, 0.2) is 5.52 Å². The molecule has 34 heavy (non-hydrogen) atoms. The number of rotatable bonds is 9. The number of hydrogen-bond donors (Lipinski definition) is 3. The topological polar surface area (TPSA) is 123 Å². The van der Waals surface area contributed by atoms with Gasteiger partial charge in [-0.05, 0) is 55.6 Å². The van der Waals surface area contributed by atoms with E-state index in [0.717, 1.165) is 22.2 Å². The molecular formula is C25H28N5O4+. The zero-order valence-corrected chi connectivity index (χ0v) is 19.3. The van der Waals surface area contributed by atoms with Gasteiger partial charge in [0.05, 0.1) is 0 Å². The largest absolute Gasteiger partial charge is 0.481 e. The minimum Gasteiger partial charge on any atom is -0.481 e. The molecule has 2 heterocycles. The number of fused-ring (bicyclic) bond motifs is 2. The van der Waals surface area contributed by atoms with E-state index >= 15 is 0 Å². The van der Waals surface area contributed by atoms with Gasteiger partial charge in [-0.2, -0.15) is 4.98 Å². The summed E-state index contributed by atoms with van der Waals surface area (Å²) in [4.78, 5) is 47.4. The smallest absolute Gasteiger partial charge is 0.413 e. The molecule has 0 radical (unpaired) electrons. The standard InChI is InChI=1S/C25H27N5O4/c1-16-13-19-20(14-17(16)2)30(23-22(26-19)24(33)28-25(34)27-23)12-11-29(10-6-9-21(31)32)15-18-7-4-3-5-8-18/h3-5,7-8,13-14H,6,9-12,15H2,1-2H3,(H2,28,31,32,33,34)/p+1. The van der Waals surface area contributed by atoms with Gasteiger partial charge in [0.25, 0.3) is 5.56 Å². The molecule has 0 unspecified atom stereocenters. The lowest BCUT2D eigenvalue weighted by Crippen LogP contribution is -2.45. The summed E-state index contributed by atoms with van der Waals surface area (Å²) in [6.07, 6.45) is 0.625. The third-order valence-electron chi connectivity index (χ3n) is 6.04. The van der Waals surface area contributed by atoms with Crippen LogP contribution in [0.15, 0.2) is 52.1 Å². The Labute approximate surface area is 195 Å². The predicted octanol–water partition coefficient (Wildman–Crippen LogP) is 2.04. The van der Waals surface area contributed by atoms with Crippen molar-refractivity contribution in [3.8, 4) is 0 Å². The third-order valence-corrected chi connectivity index (χ3v) is 6.04. The van der Waals surface area contributed by atoms with E-state index in [0.29, 0.717) is 43.8 Å². The van der Waals surface area contributed by atoms with Crippen LogP contribution in [-0.4, -0.2) is 44.0 Å². The summed E-state index contributed by atoms with van der Waals surface area (Å²) in [6.45, 7) is 6.35. The molecule has 0 spiro atoms. The number of aliphatic carboxylic acids is 1. The maximum atomic E-state index is 12.5. The van der Waals surface area contributed by atoms with Crippen LogP contribution in [0.5, 0.6) is 0 Å². The molecular weight excluding hydrogens is 434 g/mol. The van der Waals surface area contributed by atoms with E-state index in [1.807, 2.05) is 60.9 Å². The summed E-state index contributed by atoms with van der Waals surface area (Å²) < 4.78 is 1.93. The molecule has 0 saturated carbocycles. The van der Waals surface area contributed by atoms with Gasteiger partial charge in [-0.25, -0.2) is 14.3 Å². The maximum absolute atomic E-state index is 12.5. The van der Waals surface area contributed by atoms with Crippen LogP contribution in [0.3, 0.4) is 0 Å². The Bertz CT molecular complexity index is 1460. The Hall–Kier alpha value is -3.85. The number of benzene rings is 2. The Morgan fingerprint density at radius 3 is 2.53 bits per heavy atom. The van der Waals surface area contributed by atoms with Crippen LogP contribution in [0, 0.1) is 13.8 Å². The molecule has 0 bridgehead atoms. The van der Waals surface area contributed by atoms with Crippen molar-refractivity contribution in [1.29, 1.82) is 0 Å². The molecule has 0 saturated heterocycles. The third kappa shape index (κ3) is 5.20. The molecule has 9 heteroatoms. The highest BCUT2D eigenvalue weighted by Gasteiger charge is 2.20. The van der Waals surface area contributed by atoms with E-state index in [1.165, 1.54) is 0 Å². The fourth-order valence-corrected chi connectivity index (χ4v) is 4.14. The first-order valence-electron chi connectivity index (χ1n) is 11.3. The first-order valence-corrected chi connectivity index (χ1v) is 11.3. The fourth-order valence-electron chi connectivity index (χ4n) is 4.14. The normalized spacial score (nSPS) is 11.5. The molecule has 4 rings (SSSR count). The van der Waals surface area contributed by atoms with Gasteiger partial charge in [-0.3, -0.25) is 19.5 Å². The SMILES string of the molecule is Cc1cc2nc3c(=O)[nH]c(=O)[nH]c3[n+](CCN(CCCC(=O)O)Cc3ccccc3)c2cc1C. The van der Waals surface area contributed by atoms with Crippen molar-refractivity contribution in [2.24, 2.45) is 0 Å². The van der Waals surface area contributed by atoms with Crippen LogP contribution in [-0.2, 0) is 17.9 Å². The predicted molar refractivity (Wildman–Crippen MR) is 129 cm³/mol. The first-order chi connectivity index (χ1) is 16.3. The van der Waals surface area contributed by atoms with Crippen LogP contribution in [0.2, 0.25) is 0 Å². The van der Waals surface area contributed by atoms with Crippen molar-refractivity contribution in [2.45, 2.75) is 39.8 Å². The lowest BCUT2D eigenvalue weighted by atomic mass is 10.1. The van der Waals surface area contributed by atoms with Crippen molar-refractivity contribution in [2.75, 3.05) is 13.1 Å². The fraction of sp³-hybridized carbons (Fsp3) is 0.320. The van der Waals surface area contributed by atoms with Crippen LogP contribution >= 0.6 is 0 Å². The minimum atomic E-state index is -0.817. The first kappa shape index (κ1) is 23.3. The van der Waals surface area contributed by atoms with Gasteiger partial charge in [0, 0.05) is 19.5 Å². The number of hydrogen-bond acceptors (Lipinski definition) is 5. The zero-order chi connectivity index (χ0) is 24.2. The number of H-pyrrole nitrogens is 2. The summed E-state index contributed by atoms with van der Waals surface area (Å²) in [7, 11) is 0. The number of aromatic amines is 2. The molecule has 0 amide bonds. The highest BCUT2D eigenvalue weighted by molar-refractivity contribution is 5.80. The lowest BCUT2D eigenvalue weighted by Gasteiger charge is -2.22. The van der Waals surface area contributed by atoms with Gasteiger partial charge < -0.3 is 5.11 Å². The van der Waals surface area contributed by atoms with Crippen LogP contribution in [0.25, 0.3) is 22.2 Å². The Morgan fingerprint density at radius 1 is 1.06 bits per heavy atom. The molecule has 2 aromatic heterocycles. The Morgan fingerprint density at radius 2 is 1.79 bits per heavy atom. The monoisotopic (exact) mass is 462 g/mol. The highest BCUT2D eigenvalue weighted by Crippen LogP contribution is 2.17. The summed E-state index contributed by atoms with van der Waals surface area (Å²) in [5.74, 6) is -0.817. The number of nitrogens with one attached hydrogen (secondary N) is 2. The van der Waals surface area contributed by atoms with Gasteiger partial charge in [0.1, 0.15) is 12.1 Å². The zero-order valence-electron chi connectivity index (χ0n) is 19.3. The van der Waals surface area contributed by atoms with Gasteiger partial charge in [-0.1, -0.05) is 30.3 Å². The minimum absolute atomic E-state index is 0.0979. The summed E-state index contributed by atoms with van der Waals surface area (Å²) in [5, 5.41) is 9.07.